The summed E-state index contributed by atoms with van der Waals surface area (Å²) in [7, 11) is 0. The predicted octanol–water partition coefficient (Wildman–Crippen LogP) is 15.6. The van der Waals surface area contributed by atoms with Gasteiger partial charge in [-0.2, -0.15) is 0 Å². The van der Waals surface area contributed by atoms with E-state index in [0.29, 0.717) is 19.3 Å². The van der Waals surface area contributed by atoms with E-state index in [1.807, 2.05) is 0 Å². The normalized spacial score (nSPS) is 18.5. The van der Waals surface area contributed by atoms with Gasteiger partial charge < -0.3 is 23.7 Å². The SMILES string of the molecule is CCCCCCCCCCCC(=O)OC[C@H]1O[C@@H](S)[C@H](OC(=O)CCCCCCCCCCC)[C@@H](OC(=O)CCCCCCCCCCC)[C@H]1OC(=O)CCCCCCCCCCC. The molecule has 1 heterocycles. The first-order chi connectivity index (χ1) is 31.3. The summed E-state index contributed by atoms with van der Waals surface area (Å²) in [4.78, 5) is 53.5. The zero-order valence-electron chi connectivity index (χ0n) is 42.0. The summed E-state index contributed by atoms with van der Waals surface area (Å²) in [5.74, 6) is -1.67. The Morgan fingerprint density at radius 3 is 0.906 bits per heavy atom. The Hall–Kier alpha value is -1.81. The third kappa shape index (κ3) is 33.6. The van der Waals surface area contributed by atoms with E-state index in [1.165, 1.54) is 135 Å². The largest absolute Gasteiger partial charge is 0.463 e. The van der Waals surface area contributed by atoms with Crippen molar-refractivity contribution in [1.29, 1.82) is 0 Å². The van der Waals surface area contributed by atoms with Crippen LogP contribution in [0.15, 0.2) is 0 Å². The van der Waals surface area contributed by atoms with Crippen molar-refractivity contribution in [2.24, 2.45) is 0 Å². The van der Waals surface area contributed by atoms with Crippen molar-refractivity contribution in [3.8, 4) is 0 Å². The molecule has 0 aromatic rings. The van der Waals surface area contributed by atoms with Crippen LogP contribution in [0.2, 0.25) is 0 Å². The van der Waals surface area contributed by atoms with Gasteiger partial charge in [0, 0.05) is 25.7 Å². The molecule has 0 aromatic heterocycles. The summed E-state index contributed by atoms with van der Waals surface area (Å²) in [6.45, 7) is 8.69. The van der Waals surface area contributed by atoms with E-state index >= 15 is 0 Å². The molecule has 64 heavy (non-hydrogen) atoms. The van der Waals surface area contributed by atoms with Gasteiger partial charge in [0.2, 0.25) is 0 Å². The Morgan fingerprint density at radius 2 is 0.594 bits per heavy atom. The number of ether oxygens (including phenoxy) is 5. The van der Waals surface area contributed by atoms with Gasteiger partial charge in [0.05, 0.1) is 0 Å². The van der Waals surface area contributed by atoms with Gasteiger partial charge in [0.25, 0.3) is 0 Å². The Bertz CT molecular complexity index is 1120. The van der Waals surface area contributed by atoms with Crippen molar-refractivity contribution in [2.45, 2.75) is 314 Å². The van der Waals surface area contributed by atoms with Crippen molar-refractivity contribution in [3.63, 3.8) is 0 Å². The molecule has 1 rings (SSSR count). The van der Waals surface area contributed by atoms with Gasteiger partial charge in [0.1, 0.15) is 18.1 Å². The molecule has 0 unspecified atom stereocenters. The quantitative estimate of drug-likeness (QED) is 0.0276. The summed E-state index contributed by atoms with van der Waals surface area (Å²) in [6, 6.07) is 0. The number of hydrogen-bond acceptors (Lipinski definition) is 10. The molecule has 0 bridgehead atoms. The molecular weight excluding hydrogens is 825 g/mol. The second-order valence-electron chi connectivity index (χ2n) is 18.9. The van der Waals surface area contributed by atoms with Crippen LogP contribution in [0.4, 0.5) is 0 Å². The molecule has 9 nitrogen and oxygen atoms in total. The Balaban J connectivity index is 3.03. The minimum absolute atomic E-state index is 0.195. The van der Waals surface area contributed by atoms with E-state index in [1.54, 1.807) is 0 Å². The first-order valence-corrected chi connectivity index (χ1v) is 27.9. The van der Waals surface area contributed by atoms with Crippen molar-refractivity contribution in [1.82, 2.24) is 0 Å². The van der Waals surface area contributed by atoms with Crippen LogP contribution in [0.1, 0.15) is 285 Å². The van der Waals surface area contributed by atoms with Crippen LogP contribution in [-0.4, -0.2) is 60.3 Å². The molecule has 1 aliphatic rings. The Morgan fingerprint density at radius 1 is 0.344 bits per heavy atom. The average molecular weight is 925 g/mol. The highest BCUT2D eigenvalue weighted by Crippen LogP contribution is 2.32. The lowest BCUT2D eigenvalue weighted by Gasteiger charge is -2.43. The zero-order valence-corrected chi connectivity index (χ0v) is 42.9. The van der Waals surface area contributed by atoms with Crippen molar-refractivity contribution in [3.05, 3.63) is 0 Å². The highest BCUT2D eigenvalue weighted by atomic mass is 32.1. The number of thiol groups is 1. The summed E-state index contributed by atoms with van der Waals surface area (Å²) in [6.07, 6.45) is 37.0. The molecule has 0 aliphatic carbocycles. The van der Waals surface area contributed by atoms with Gasteiger partial charge in [0.15, 0.2) is 18.3 Å². The molecule has 1 aliphatic heterocycles. The molecule has 0 aromatic carbocycles. The Kier molecular flexibility index (Phi) is 41.1. The van der Waals surface area contributed by atoms with Crippen LogP contribution in [0.25, 0.3) is 0 Å². The molecule has 0 amide bonds. The summed E-state index contributed by atoms with van der Waals surface area (Å²) in [5.41, 5.74) is -0.995. The minimum Gasteiger partial charge on any atom is -0.463 e. The number of carbonyl (C=O) groups excluding carboxylic acids is 4. The monoisotopic (exact) mass is 925 g/mol. The second kappa shape index (κ2) is 43.7. The van der Waals surface area contributed by atoms with E-state index in [2.05, 4.69) is 27.7 Å². The van der Waals surface area contributed by atoms with Crippen LogP contribution in [0.5, 0.6) is 0 Å². The second-order valence-corrected chi connectivity index (χ2v) is 19.4. The molecule has 10 heteroatoms. The lowest BCUT2D eigenvalue weighted by molar-refractivity contribution is -0.239. The molecule has 5 atom stereocenters. The highest BCUT2D eigenvalue weighted by Gasteiger charge is 2.51. The average Bonchev–Trinajstić information content (AvgIpc) is 3.28. The van der Waals surface area contributed by atoms with Gasteiger partial charge in [-0.05, 0) is 25.7 Å². The lowest BCUT2D eigenvalue weighted by atomic mass is 9.98. The number of unbranched alkanes of at least 4 members (excludes halogenated alkanes) is 32. The predicted molar refractivity (Wildman–Crippen MR) is 266 cm³/mol. The number of rotatable bonds is 45. The van der Waals surface area contributed by atoms with E-state index < -0.39 is 47.8 Å². The minimum atomic E-state index is -1.16. The fourth-order valence-corrected chi connectivity index (χ4v) is 9.02. The van der Waals surface area contributed by atoms with Crippen LogP contribution in [0, 0.1) is 0 Å². The van der Waals surface area contributed by atoms with Gasteiger partial charge in [-0.25, -0.2) is 0 Å². The topological polar surface area (TPSA) is 114 Å². The fraction of sp³-hybridized carbons (Fsp3) is 0.926. The summed E-state index contributed by atoms with van der Waals surface area (Å²) in [5, 5.41) is 0. The maximum absolute atomic E-state index is 13.6. The zero-order chi connectivity index (χ0) is 46.7. The van der Waals surface area contributed by atoms with E-state index in [4.69, 9.17) is 36.3 Å². The van der Waals surface area contributed by atoms with Gasteiger partial charge >= 0.3 is 23.9 Å². The van der Waals surface area contributed by atoms with Crippen molar-refractivity contribution >= 4 is 36.5 Å². The molecule has 0 N–H and O–H groups in total. The van der Waals surface area contributed by atoms with E-state index in [0.717, 1.165) is 77.0 Å². The first kappa shape index (κ1) is 60.2. The molecule has 1 saturated heterocycles. The van der Waals surface area contributed by atoms with Crippen molar-refractivity contribution < 1.29 is 42.9 Å². The maximum atomic E-state index is 13.6. The molecule has 1 fully saturated rings. The molecule has 0 radical (unpaired) electrons. The molecule has 0 saturated carbocycles. The summed E-state index contributed by atoms with van der Waals surface area (Å²) < 4.78 is 30.4. The lowest BCUT2D eigenvalue weighted by Crippen LogP contribution is -2.61. The van der Waals surface area contributed by atoms with Crippen LogP contribution >= 0.6 is 12.6 Å². The van der Waals surface area contributed by atoms with Crippen LogP contribution in [-0.2, 0) is 42.9 Å². The maximum Gasteiger partial charge on any atom is 0.306 e. The molecular formula is C54H100O9S. The number of hydrogen-bond donors (Lipinski definition) is 1. The van der Waals surface area contributed by atoms with Gasteiger partial charge in [-0.1, -0.05) is 233 Å². The standard InChI is InChI=1S/C54H100O9S/c1-5-9-13-17-21-25-29-33-37-41-47(55)59-45-46-51(61-48(56)42-38-34-30-26-22-18-14-10-6-2)52(62-49(57)43-39-35-31-27-23-19-15-11-7-3)53(54(64)60-46)63-50(58)44-40-36-32-28-24-20-16-12-8-4/h46,51-54,64H,5-45H2,1-4H3/t46-,51+,52+,53-,54+/m1/s1. The van der Waals surface area contributed by atoms with Gasteiger partial charge in [-0.15, -0.1) is 12.6 Å². The van der Waals surface area contributed by atoms with Gasteiger partial charge in [-0.3, -0.25) is 19.2 Å². The molecule has 376 valence electrons. The Labute approximate surface area is 398 Å². The first-order valence-electron chi connectivity index (χ1n) is 27.3. The van der Waals surface area contributed by atoms with E-state index in [9.17, 15) is 19.2 Å². The van der Waals surface area contributed by atoms with Crippen LogP contribution < -0.4 is 0 Å². The third-order valence-electron chi connectivity index (χ3n) is 12.8. The number of esters is 4. The smallest absolute Gasteiger partial charge is 0.306 e. The molecule has 0 spiro atoms. The summed E-state index contributed by atoms with van der Waals surface area (Å²) >= 11 is 4.72. The highest BCUT2D eigenvalue weighted by molar-refractivity contribution is 7.80. The van der Waals surface area contributed by atoms with E-state index in [-0.39, 0.29) is 38.3 Å². The number of carbonyl (C=O) groups is 4. The third-order valence-corrected chi connectivity index (χ3v) is 13.2. The van der Waals surface area contributed by atoms with Crippen LogP contribution in [0.3, 0.4) is 0 Å². The fourth-order valence-electron chi connectivity index (χ4n) is 8.63. The van der Waals surface area contributed by atoms with Crippen molar-refractivity contribution in [2.75, 3.05) is 6.61 Å².